The van der Waals surface area contributed by atoms with Crippen LogP contribution in [0.15, 0.2) is 36.7 Å². The number of phosphoric ester groups is 1. The molecule has 3 aromatic rings. The van der Waals surface area contributed by atoms with E-state index in [1.165, 1.54) is 110 Å². The third kappa shape index (κ3) is 18.0. The van der Waals surface area contributed by atoms with Crippen LogP contribution in [0, 0.1) is 11.3 Å². The van der Waals surface area contributed by atoms with Gasteiger partial charge in [-0.2, -0.15) is 10.4 Å². The summed E-state index contributed by atoms with van der Waals surface area (Å²) in [6, 6.07) is 11.0. The number of unbranched alkanes of at least 4 members (excludes halogenated alkanes) is 15. The first-order chi connectivity index (χ1) is 27.1. The Morgan fingerprint density at radius 1 is 0.911 bits per heavy atom. The third-order valence-electron chi connectivity index (χ3n) is 10.3. The van der Waals surface area contributed by atoms with Crippen LogP contribution in [0.2, 0.25) is 0 Å². The van der Waals surface area contributed by atoms with Crippen LogP contribution in [0.25, 0.3) is 5.52 Å². The summed E-state index contributed by atoms with van der Waals surface area (Å²) < 4.78 is 48.9. The second-order valence-electron chi connectivity index (χ2n) is 14.9. The molecule has 0 fully saturated rings. The molecule has 0 aliphatic rings. The average molecular weight is 802 g/mol. The van der Waals surface area contributed by atoms with Gasteiger partial charge in [0.05, 0.1) is 50.8 Å². The lowest BCUT2D eigenvalue weighted by Crippen LogP contribution is -2.34. The van der Waals surface area contributed by atoms with Gasteiger partial charge in [0, 0.05) is 25.0 Å². The minimum absolute atomic E-state index is 0.120. The van der Waals surface area contributed by atoms with Crippen molar-refractivity contribution in [1.29, 1.82) is 5.26 Å². The predicted molar refractivity (Wildman–Crippen MR) is 220 cm³/mol. The summed E-state index contributed by atoms with van der Waals surface area (Å²) in [5, 5.41) is 13.6. The number of rotatable bonds is 33. The number of hydrogen-bond acceptors (Lipinski definition) is 11. The van der Waals surface area contributed by atoms with Gasteiger partial charge in [0.2, 0.25) is 0 Å². The average Bonchev–Trinajstić information content (AvgIpc) is 3.63. The van der Waals surface area contributed by atoms with Crippen LogP contribution in [-0.4, -0.2) is 71.8 Å². The van der Waals surface area contributed by atoms with Crippen LogP contribution >= 0.6 is 7.82 Å². The molecular weight excluding hydrogens is 733 g/mol. The van der Waals surface area contributed by atoms with Crippen molar-refractivity contribution >= 4 is 19.2 Å². The lowest BCUT2D eigenvalue weighted by molar-refractivity contribution is -0.0617. The summed E-state index contributed by atoms with van der Waals surface area (Å²) in [4.78, 5) is 14.7. The molecule has 14 heteroatoms. The molecule has 0 spiro atoms. The SMILES string of the molecule is CCCCCCCCCCCCCCCCCCOC[C@@H](COP(=O)(O)OC[C@](C)(CCc1ccc2c(N)ncnn12)OC)OCc1ccc(C#N)cc1OC. The highest BCUT2D eigenvalue weighted by Gasteiger charge is 2.32. The fourth-order valence-electron chi connectivity index (χ4n) is 6.51. The first-order valence-electron chi connectivity index (χ1n) is 20.6. The number of nitrogens with two attached hydrogens (primary N) is 1. The second kappa shape index (κ2) is 26.8. The third-order valence-corrected chi connectivity index (χ3v) is 11.2. The number of nitrogen functional groups attached to an aromatic ring is 1. The summed E-state index contributed by atoms with van der Waals surface area (Å²) in [6.45, 7) is 4.46. The Bertz CT molecular complexity index is 1620. The number of nitrogens with zero attached hydrogens (tertiary/aromatic N) is 4. The van der Waals surface area contributed by atoms with Gasteiger partial charge in [0.15, 0.2) is 5.82 Å². The molecule has 3 rings (SSSR count). The number of anilines is 1. The first-order valence-corrected chi connectivity index (χ1v) is 22.1. The molecule has 0 radical (unpaired) electrons. The lowest BCUT2D eigenvalue weighted by Gasteiger charge is -2.29. The van der Waals surface area contributed by atoms with Crippen LogP contribution < -0.4 is 10.5 Å². The van der Waals surface area contributed by atoms with E-state index in [9.17, 15) is 14.7 Å². The number of methoxy groups -OCH3 is 2. The highest BCUT2D eigenvalue weighted by atomic mass is 31.2. The van der Waals surface area contributed by atoms with Gasteiger partial charge in [-0.25, -0.2) is 14.1 Å². The molecule has 3 atom stereocenters. The first kappa shape index (κ1) is 47.3. The minimum atomic E-state index is -4.50. The Hall–Kier alpha value is -3.08. The fraction of sp³-hybridized carbons (Fsp3) is 0.690. The van der Waals surface area contributed by atoms with Gasteiger partial charge in [-0.1, -0.05) is 109 Å². The van der Waals surface area contributed by atoms with Gasteiger partial charge < -0.3 is 29.6 Å². The number of nitriles is 1. The van der Waals surface area contributed by atoms with Crippen molar-refractivity contribution in [3.8, 4) is 11.8 Å². The number of aromatic nitrogens is 3. The smallest absolute Gasteiger partial charge is 0.472 e. The van der Waals surface area contributed by atoms with Crippen molar-refractivity contribution in [2.45, 2.75) is 148 Å². The quantitative estimate of drug-likeness (QED) is 0.0442. The van der Waals surface area contributed by atoms with Crippen LogP contribution in [-0.2, 0) is 40.9 Å². The Labute approximate surface area is 335 Å². The zero-order valence-corrected chi connectivity index (χ0v) is 35.3. The van der Waals surface area contributed by atoms with E-state index < -0.39 is 19.5 Å². The molecule has 0 saturated heterocycles. The Balaban J connectivity index is 1.40. The molecule has 3 N–H and O–H groups in total. The number of aryl methyl sites for hydroxylation is 1. The molecule has 0 amide bonds. The van der Waals surface area contributed by atoms with Gasteiger partial charge in [-0.15, -0.1) is 0 Å². The molecule has 0 aliphatic heterocycles. The van der Waals surface area contributed by atoms with Gasteiger partial charge in [0.1, 0.15) is 23.7 Å². The predicted octanol–water partition coefficient (Wildman–Crippen LogP) is 9.53. The normalized spacial score (nSPS) is 14.4. The number of ether oxygens (including phenoxy) is 4. The van der Waals surface area contributed by atoms with Gasteiger partial charge in [-0.3, -0.25) is 9.05 Å². The maximum atomic E-state index is 13.1. The van der Waals surface area contributed by atoms with E-state index in [-0.39, 0.29) is 26.4 Å². The van der Waals surface area contributed by atoms with E-state index in [1.54, 1.807) is 29.6 Å². The van der Waals surface area contributed by atoms with E-state index in [0.717, 1.165) is 24.1 Å². The molecule has 56 heavy (non-hydrogen) atoms. The summed E-state index contributed by atoms with van der Waals surface area (Å²) >= 11 is 0. The molecule has 13 nitrogen and oxygen atoms in total. The molecular formula is C42H68N5O8P. The van der Waals surface area contributed by atoms with Crippen LogP contribution in [0.5, 0.6) is 5.75 Å². The van der Waals surface area contributed by atoms with Gasteiger partial charge in [-0.05, 0) is 50.5 Å². The molecule has 1 aromatic carbocycles. The Morgan fingerprint density at radius 3 is 2.16 bits per heavy atom. The topological polar surface area (TPSA) is 173 Å². The lowest BCUT2D eigenvalue weighted by atomic mass is 10.00. The number of phosphoric acid groups is 1. The summed E-state index contributed by atoms with van der Waals surface area (Å²) in [6.07, 6.45) is 22.5. The van der Waals surface area contributed by atoms with E-state index in [1.807, 2.05) is 12.1 Å². The maximum Gasteiger partial charge on any atom is 0.472 e. The largest absolute Gasteiger partial charge is 0.496 e. The highest BCUT2D eigenvalue weighted by molar-refractivity contribution is 7.47. The van der Waals surface area contributed by atoms with Crippen molar-refractivity contribution in [2.24, 2.45) is 0 Å². The number of benzene rings is 1. The summed E-state index contributed by atoms with van der Waals surface area (Å²) in [5.74, 6) is 0.892. The van der Waals surface area contributed by atoms with Crippen LogP contribution in [0.1, 0.15) is 140 Å². The zero-order chi connectivity index (χ0) is 40.5. The van der Waals surface area contributed by atoms with Crippen LogP contribution in [0.4, 0.5) is 5.82 Å². The number of fused-ring (bicyclic) bond motifs is 1. The van der Waals surface area contributed by atoms with Crippen molar-refractivity contribution < 1.29 is 37.5 Å². The van der Waals surface area contributed by atoms with Crippen LogP contribution in [0.3, 0.4) is 0 Å². The minimum Gasteiger partial charge on any atom is -0.496 e. The fourth-order valence-corrected chi connectivity index (χ4v) is 7.37. The van der Waals surface area contributed by atoms with E-state index in [0.29, 0.717) is 42.1 Å². The monoisotopic (exact) mass is 801 g/mol. The second-order valence-corrected chi connectivity index (χ2v) is 16.4. The van der Waals surface area contributed by atoms with E-state index in [4.69, 9.17) is 33.7 Å². The molecule has 0 aliphatic carbocycles. The standard InChI is InChI=1S/C42H68N5O8P/c1-5-6-7-8-9-10-11-12-13-14-15-16-17-18-19-20-27-52-31-38(53-30-36-22-21-35(29-43)28-40(36)50-3)32-54-56(48,49)55-33-42(2,51-4)26-25-37-23-24-39-41(44)45-34-46-47(37)39/h21-24,28,34,38H,5-20,25-27,30-33H2,1-4H3,(H,48,49)(H2,44,45,46)/t38-,42-/m0/s1. The Morgan fingerprint density at radius 2 is 1.55 bits per heavy atom. The molecule has 0 bridgehead atoms. The Kier molecular flexibility index (Phi) is 22.6. The van der Waals surface area contributed by atoms with E-state index >= 15 is 0 Å². The molecule has 314 valence electrons. The van der Waals surface area contributed by atoms with Crippen molar-refractivity contribution in [3.05, 3.63) is 53.5 Å². The summed E-state index contributed by atoms with van der Waals surface area (Å²) in [5.41, 5.74) is 7.84. The molecule has 0 saturated carbocycles. The molecule has 2 heterocycles. The molecule has 2 aromatic heterocycles. The highest BCUT2D eigenvalue weighted by Crippen LogP contribution is 2.44. The van der Waals surface area contributed by atoms with Gasteiger partial charge in [0.25, 0.3) is 0 Å². The number of hydrogen-bond donors (Lipinski definition) is 2. The summed E-state index contributed by atoms with van der Waals surface area (Å²) in [7, 11) is -1.45. The van der Waals surface area contributed by atoms with Crippen molar-refractivity contribution in [3.63, 3.8) is 0 Å². The maximum absolute atomic E-state index is 13.1. The molecule has 1 unspecified atom stereocenters. The zero-order valence-electron chi connectivity index (χ0n) is 34.4. The van der Waals surface area contributed by atoms with Crippen molar-refractivity contribution in [1.82, 2.24) is 14.6 Å². The van der Waals surface area contributed by atoms with Gasteiger partial charge >= 0.3 is 7.82 Å². The van der Waals surface area contributed by atoms with E-state index in [2.05, 4.69) is 23.1 Å². The van der Waals surface area contributed by atoms with Crippen molar-refractivity contribution in [2.75, 3.05) is 46.4 Å².